The van der Waals surface area contributed by atoms with Gasteiger partial charge < -0.3 is 19.7 Å². The van der Waals surface area contributed by atoms with E-state index in [-0.39, 0.29) is 10.7 Å². The van der Waals surface area contributed by atoms with Crippen LogP contribution in [0.25, 0.3) is 0 Å². The molecule has 1 aliphatic rings. The van der Waals surface area contributed by atoms with E-state index < -0.39 is 76.5 Å². The van der Waals surface area contributed by atoms with Crippen LogP contribution in [0.15, 0.2) is 35.5 Å². The molecule has 3 atom stereocenters. The average Bonchev–Trinajstić information content (AvgIpc) is 3.17. The quantitative estimate of drug-likeness (QED) is 0.575. The minimum absolute atomic E-state index is 0.0528. The van der Waals surface area contributed by atoms with E-state index in [1.165, 1.54) is 6.07 Å². The maximum atomic E-state index is 14.6. The largest absolute Gasteiger partial charge is 0.491 e. The summed E-state index contributed by atoms with van der Waals surface area (Å²) in [5.41, 5.74) is -3.63. The molecule has 0 radical (unpaired) electrons. The summed E-state index contributed by atoms with van der Waals surface area (Å²) in [4.78, 5) is 17.7. The van der Waals surface area contributed by atoms with E-state index in [9.17, 15) is 31.0 Å². The summed E-state index contributed by atoms with van der Waals surface area (Å²) < 4.78 is 121. The Balaban J connectivity index is 2.11. The first-order chi connectivity index (χ1) is 16.9. The highest BCUT2D eigenvalue weighted by Gasteiger charge is 2.63. The Kier molecular flexibility index (Phi) is 5.69. The number of carbonyl (C=O) groups excluding carboxylic acids is 1. The van der Waals surface area contributed by atoms with Crippen LogP contribution in [0.2, 0.25) is 0 Å². The number of hydrogen-bond donors (Lipinski definition) is 2. The Hall–Kier alpha value is -3.00. The lowest BCUT2D eigenvalue weighted by atomic mass is 9.99. The molecule has 8 nitrogen and oxygen atoms in total. The molecule has 0 spiro atoms. The normalized spacial score (nSPS) is 24.0. The molecule has 2 heterocycles. The van der Waals surface area contributed by atoms with Gasteiger partial charge in [0, 0.05) is 31.7 Å². The van der Waals surface area contributed by atoms with Crippen molar-refractivity contribution in [2.75, 3.05) is 37.2 Å². The van der Waals surface area contributed by atoms with Gasteiger partial charge in [0.2, 0.25) is 11.7 Å². The molecule has 1 aromatic carbocycles. The number of methoxy groups -OCH3 is 2. The minimum atomic E-state index is -5.03. The van der Waals surface area contributed by atoms with Crippen molar-refractivity contribution in [1.29, 1.82) is 4.78 Å². The van der Waals surface area contributed by atoms with Crippen LogP contribution in [0.4, 0.5) is 33.3 Å². The Bertz CT molecular complexity index is 1310. The van der Waals surface area contributed by atoms with Crippen molar-refractivity contribution in [2.24, 2.45) is 0 Å². The number of amides is 1. The molecule has 14 heteroatoms. The molecule has 1 aliphatic heterocycles. The van der Waals surface area contributed by atoms with Crippen LogP contribution in [0, 0.1) is 16.4 Å². The van der Waals surface area contributed by atoms with Gasteiger partial charge in [0.25, 0.3) is 0 Å². The van der Waals surface area contributed by atoms with E-state index in [0.717, 1.165) is 31.7 Å². The monoisotopic (exact) mass is 511 g/mol. The van der Waals surface area contributed by atoms with Gasteiger partial charge >= 0.3 is 6.18 Å². The lowest BCUT2D eigenvalue weighted by Gasteiger charge is -2.31. The highest BCUT2D eigenvalue weighted by molar-refractivity contribution is 7.91. The molecular weight excluding hydrogens is 487 g/mol. The molecule has 0 bridgehead atoms. The number of anilines is 2. The molecule has 0 unspecified atom stereocenters. The van der Waals surface area contributed by atoms with E-state index in [1.54, 1.807) is 0 Å². The van der Waals surface area contributed by atoms with E-state index in [2.05, 4.69) is 15.0 Å². The van der Waals surface area contributed by atoms with Crippen LogP contribution in [0.3, 0.4) is 0 Å². The standard InChI is InChI=1S/C20H21F5N4O4S/c1-32-17-13(5-4-12(21)16(17)22)29-10-19(33-2,20(23,24)25)9-14(29)18(30)28-11-6-7-27-15(8-11)34(3,26)31/h4-8,14,26H,9-10H2,1-3H3,(H,27,28,30)/t14-,19-,34+/m0/s1/i1D3. The number of nitrogens with one attached hydrogen (secondary N) is 2. The Labute approximate surface area is 196 Å². The fourth-order valence-electron chi connectivity index (χ4n) is 3.60. The minimum Gasteiger partial charge on any atom is -0.491 e. The van der Waals surface area contributed by atoms with Crippen LogP contribution in [-0.2, 0) is 19.3 Å². The van der Waals surface area contributed by atoms with Crippen LogP contribution >= 0.6 is 0 Å². The first-order valence-electron chi connectivity index (χ1n) is 10.9. The van der Waals surface area contributed by atoms with Crippen molar-refractivity contribution in [1.82, 2.24) is 4.98 Å². The maximum Gasteiger partial charge on any atom is 0.419 e. The zero-order valence-electron chi connectivity index (χ0n) is 20.7. The van der Waals surface area contributed by atoms with Gasteiger partial charge in [0.1, 0.15) is 11.1 Å². The zero-order valence-corrected chi connectivity index (χ0v) is 18.5. The van der Waals surface area contributed by atoms with Crippen molar-refractivity contribution in [3.63, 3.8) is 0 Å². The SMILES string of the molecule is [2H]C([2H])([2H])Oc1c(N2C[C@](OC)(C(F)(F)F)C[C@H]2C(=O)Nc2ccnc([S@](C)(=N)=O)c2)ccc(F)c1F. The van der Waals surface area contributed by atoms with Gasteiger partial charge in [-0.05, 0) is 24.3 Å². The number of carbonyl (C=O) groups is 1. The van der Waals surface area contributed by atoms with Gasteiger partial charge in [-0.25, -0.2) is 18.4 Å². The average molecular weight is 511 g/mol. The number of aromatic nitrogens is 1. The summed E-state index contributed by atoms with van der Waals surface area (Å²) in [5.74, 6) is -5.59. The maximum absolute atomic E-state index is 14.6. The molecule has 0 aliphatic carbocycles. The Morgan fingerprint density at radius 1 is 1.38 bits per heavy atom. The summed E-state index contributed by atoms with van der Waals surface area (Å²) in [5, 5.41) is 2.13. The Morgan fingerprint density at radius 2 is 2.09 bits per heavy atom. The van der Waals surface area contributed by atoms with Crippen molar-refractivity contribution in [2.45, 2.75) is 29.3 Å². The summed E-state index contributed by atoms with van der Waals surface area (Å²) in [6.07, 6.45) is -3.83. The number of rotatable bonds is 6. The predicted octanol–water partition coefficient (Wildman–Crippen LogP) is 3.57. The molecule has 0 saturated carbocycles. The molecule has 2 aromatic rings. The van der Waals surface area contributed by atoms with Crippen molar-refractivity contribution < 1.29 is 44.5 Å². The van der Waals surface area contributed by atoms with E-state index >= 15 is 0 Å². The van der Waals surface area contributed by atoms with Crippen LogP contribution in [0.5, 0.6) is 5.75 Å². The highest BCUT2D eigenvalue weighted by atomic mass is 32.2. The second kappa shape index (κ2) is 8.98. The number of pyridine rings is 1. The van der Waals surface area contributed by atoms with Gasteiger partial charge in [0.15, 0.2) is 17.2 Å². The number of nitrogens with zero attached hydrogens (tertiary/aromatic N) is 2. The summed E-state index contributed by atoms with van der Waals surface area (Å²) in [6.45, 7) is -1.09. The molecule has 1 amide bonds. The molecule has 1 saturated heterocycles. The van der Waals surface area contributed by atoms with Crippen molar-refractivity contribution >= 4 is 27.0 Å². The third-order valence-electron chi connectivity index (χ3n) is 5.38. The third-order valence-corrected chi connectivity index (χ3v) is 6.40. The first kappa shape index (κ1) is 21.5. The molecule has 1 fully saturated rings. The van der Waals surface area contributed by atoms with Gasteiger partial charge in [-0.2, -0.15) is 17.6 Å². The first-order valence-corrected chi connectivity index (χ1v) is 11.4. The second-order valence-electron chi connectivity index (χ2n) is 7.57. The molecule has 2 N–H and O–H groups in total. The van der Waals surface area contributed by atoms with Crippen LogP contribution in [0.1, 0.15) is 10.5 Å². The molecule has 1 aromatic heterocycles. The fraction of sp³-hybridized carbons (Fsp3) is 0.400. The van der Waals surface area contributed by atoms with E-state index in [0.29, 0.717) is 11.0 Å². The van der Waals surface area contributed by atoms with Crippen molar-refractivity contribution in [3.05, 3.63) is 42.1 Å². The number of halogens is 5. The highest BCUT2D eigenvalue weighted by Crippen LogP contribution is 2.47. The zero-order chi connectivity index (χ0) is 28.0. The van der Waals surface area contributed by atoms with Crippen LogP contribution in [-0.4, -0.2) is 59.9 Å². The predicted molar refractivity (Wildman–Crippen MR) is 112 cm³/mol. The smallest absolute Gasteiger partial charge is 0.419 e. The van der Waals surface area contributed by atoms with Gasteiger partial charge in [0.05, 0.1) is 33.1 Å². The van der Waals surface area contributed by atoms with Gasteiger partial charge in [-0.15, -0.1) is 0 Å². The van der Waals surface area contributed by atoms with Crippen molar-refractivity contribution in [3.8, 4) is 5.75 Å². The summed E-state index contributed by atoms with van der Waals surface area (Å²) in [6, 6.07) is 1.93. The second-order valence-corrected chi connectivity index (χ2v) is 9.68. The molecule has 34 heavy (non-hydrogen) atoms. The lowest BCUT2D eigenvalue weighted by Crippen LogP contribution is -2.49. The molecule has 3 rings (SSSR count). The van der Waals surface area contributed by atoms with E-state index in [1.807, 2.05) is 0 Å². The summed E-state index contributed by atoms with van der Waals surface area (Å²) in [7, 11) is -5.84. The fourth-order valence-corrected chi connectivity index (χ4v) is 4.21. The molecular formula is C20H21F5N4O4S. The number of benzene rings is 1. The van der Waals surface area contributed by atoms with E-state index in [4.69, 9.17) is 13.6 Å². The lowest BCUT2D eigenvalue weighted by molar-refractivity contribution is -0.261. The Morgan fingerprint density at radius 3 is 2.68 bits per heavy atom. The van der Waals surface area contributed by atoms with Gasteiger partial charge in [-0.1, -0.05) is 0 Å². The number of alkyl halides is 3. The van der Waals surface area contributed by atoms with Gasteiger partial charge in [-0.3, -0.25) is 4.79 Å². The van der Waals surface area contributed by atoms with Crippen LogP contribution < -0.4 is 15.0 Å². The number of ether oxygens (including phenoxy) is 2. The third kappa shape index (κ3) is 4.64. The summed E-state index contributed by atoms with van der Waals surface area (Å²) >= 11 is 0. The topological polar surface area (TPSA) is 105 Å². The molecule has 186 valence electrons. The number of hydrogen-bond acceptors (Lipinski definition) is 7.